The lowest BCUT2D eigenvalue weighted by Crippen LogP contribution is -1.96. The number of aromatic nitrogens is 2. The van der Waals surface area contributed by atoms with Gasteiger partial charge in [-0.1, -0.05) is 96.9 Å². The zero-order valence-corrected chi connectivity index (χ0v) is 19.6. The van der Waals surface area contributed by atoms with E-state index in [4.69, 9.17) is 13.7 Å². The monoisotopic (exact) mass is 498 g/mol. The molecule has 8 aromatic rings. The smallest absolute Gasteiger partial charge is 0.0645 e. The number of hydrogen-bond donors (Lipinski definition) is 1. The van der Waals surface area contributed by atoms with Crippen LogP contribution in [0.1, 0.15) is 19.2 Å². The van der Waals surface area contributed by atoms with E-state index in [0.717, 1.165) is 5.56 Å². The lowest BCUT2D eigenvalue weighted by Gasteiger charge is -2.14. The minimum Gasteiger partial charge on any atom is -0.355 e. The Morgan fingerprint density at radius 3 is 2.05 bits per heavy atom. The number of H-pyrrole nitrogens is 1. The number of aromatic amines is 1. The second-order valence-corrected chi connectivity index (χ2v) is 8.79. The summed E-state index contributed by atoms with van der Waals surface area (Å²) in [6.45, 7) is 0. The Labute approximate surface area is 240 Å². The normalized spacial score (nSPS) is 16.8. The Balaban J connectivity index is 1.59. The van der Waals surface area contributed by atoms with Gasteiger partial charge in [-0.2, -0.15) is 0 Å². The Hall–Kier alpha value is -5.08. The predicted octanol–water partition coefficient (Wildman–Crippen LogP) is 9.75. The molecular weight excluding hydrogens is 460 g/mol. The van der Waals surface area contributed by atoms with E-state index < -0.39 is 95.7 Å². The number of rotatable bonds is 3. The van der Waals surface area contributed by atoms with Crippen LogP contribution in [0.2, 0.25) is 0 Å². The zero-order chi connectivity index (χ0) is 37.2. The largest absolute Gasteiger partial charge is 0.355 e. The van der Waals surface area contributed by atoms with Gasteiger partial charge in [-0.3, -0.25) is 0 Å². The highest BCUT2D eigenvalue weighted by atomic mass is 15.0. The molecular formula is C36H24N2. The first-order valence-electron chi connectivity index (χ1n) is 18.9. The highest BCUT2D eigenvalue weighted by molar-refractivity contribution is 6.12. The summed E-state index contributed by atoms with van der Waals surface area (Å²) in [6.07, 6.45) is 0. The van der Waals surface area contributed by atoms with Gasteiger partial charge in [-0.25, -0.2) is 0 Å². The Kier molecular flexibility index (Phi) is 2.50. The van der Waals surface area contributed by atoms with E-state index >= 15 is 0 Å². The van der Waals surface area contributed by atoms with Crippen LogP contribution in [0.5, 0.6) is 0 Å². The summed E-state index contributed by atoms with van der Waals surface area (Å²) in [5.41, 5.74) is 0.747. The van der Waals surface area contributed by atoms with Crippen LogP contribution in [-0.4, -0.2) is 9.55 Å². The van der Waals surface area contributed by atoms with Gasteiger partial charge in [-0.15, -0.1) is 0 Å². The number of nitrogens with one attached hydrogen (secondary N) is 1. The molecule has 0 aliphatic rings. The van der Waals surface area contributed by atoms with Crippen LogP contribution in [0, 0.1) is 0 Å². The van der Waals surface area contributed by atoms with Crippen molar-refractivity contribution in [1.82, 2.24) is 9.55 Å². The van der Waals surface area contributed by atoms with Crippen LogP contribution < -0.4 is 0 Å². The summed E-state index contributed by atoms with van der Waals surface area (Å²) in [4.78, 5) is 2.79. The van der Waals surface area contributed by atoms with Crippen molar-refractivity contribution >= 4 is 43.6 Å². The zero-order valence-electron chi connectivity index (χ0n) is 33.6. The van der Waals surface area contributed by atoms with Crippen LogP contribution in [0.25, 0.3) is 71.6 Å². The molecule has 0 fully saturated rings. The van der Waals surface area contributed by atoms with Crippen LogP contribution in [0.3, 0.4) is 0 Å². The van der Waals surface area contributed by atoms with Crippen molar-refractivity contribution in [3.8, 4) is 27.9 Å². The van der Waals surface area contributed by atoms with Crippen LogP contribution in [-0.2, 0) is 0 Å². The molecule has 2 heterocycles. The van der Waals surface area contributed by atoms with Crippen molar-refractivity contribution in [1.29, 1.82) is 0 Å². The van der Waals surface area contributed by atoms with Gasteiger partial charge in [0.25, 0.3) is 0 Å². The maximum atomic E-state index is 9.59. The van der Waals surface area contributed by atoms with Gasteiger partial charge in [0, 0.05) is 38.1 Å². The van der Waals surface area contributed by atoms with Gasteiger partial charge < -0.3 is 9.55 Å². The Bertz CT molecular complexity index is 2890. The van der Waals surface area contributed by atoms with E-state index in [2.05, 4.69) is 4.98 Å². The Morgan fingerprint density at radius 2 is 1.16 bits per heavy atom. The fourth-order valence-electron chi connectivity index (χ4n) is 4.94. The van der Waals surface area contributed by atoms with E-state index in [1.54, 1.807) is 18.2 Å². The van der Waals surface area contributed by atoms with Crippen molar-refractivity contribution in [2.45, 2.75) is 0 Å². The third kappa shape index (κ3) is 3.14. The van der Waals surface area contributed by atoms with E-state index in [1.807, 2.05) is 36.4 Å². The summed E-state index contributed by atoms with van der Waals surface area (Å²) in [7, 11) is 0. The molecule has 0 amide bonds. The molecule has 0 aliphatic carbocycles. The SMILES string of the molecule is [2H]c1c([2H])c([2H])c2c([nH]c3c([2H])c([2H])c(-c4c([2H])c([2H])c5c(c4[2H])c4c([2H])c([2H])c([2H])c([2H])c4n5-c4ccccc4-c4ccccc4)c([2H])c32)c1[2H]. The first-order valence-corrected chi connectivity index (χ1v) is 11.9. The maximum absolute atomic E-state index is 9.59. The van der Waals surface area contributed by atoms with Gasteiger partial charge in [0.05, 0.1) is 35.9 Å². The first kappa shape index (κ1) is 11.5. The quantitative estimate of drug-likeness (QED) is 0.250. The summed E-state index contributed by atoms with van der Waals surface area (Å²) < 4.78 is 125. The first-order chi connectivity index (χ1) is 24.7. The molecule has 6 aromatic carbocycles. The van der Waals surface area contributed by atoms with Crippen molar-refractivity contribution in [2.75, 3.05) is 0 Å². The van der Waals surface area contributed by atoms with Crippen LogP contribution in [0.15, 0.2) is 139 Å². The molecule has 0 saturated heterocycles. The van der Waals surface area contributed by atoms with Gasteiger partial charge in [0.2, 0.25) is 0 Å². The molecule has 2 nitrogen and oxygen atoms in total. The number of benzene rings is 6. The molecule has 0 spiro atoms. The average molecular weight is 499 g/mol. The highest BCUT2D eigenvalue weighted by Gasteiger charge is 2.16. The van der Waals surface area contributed by atoms with E-state index in [9.17, 15) is 5.48 Å². The Morgan fingerprint density at radius 1 is 0.500 bits per heavy atom. The van der Waals surface area contributed by atoms with Gasteiger partial charge in [-0.05, 0) is 59.0 Å². The van der Waals surface area contributed by atoms with Crippen molar-refractivity contribution in [3.63, 3.8) is 0 Å². The van der Waals surface area contributed by atoms with E-state index in [1.165, 1.54) is 4.57 Å². The topological polar surface area (TPSA) is 20.7 Å². The van der Waals surface area contributed by atoms with Gasteiger partial charge in [0.15, 0.2) is 0 Å². The third-order valence-corrected chi connectivity index (χ3v) is 6.64. The molecule has 0 radical (unpaired) electrons. The highest BCUT2D eigenvalue weighted by Crippen LogP contribution is 2.38. The van der Waals surface area contributed by atoms with Crippen molar-refractivity contribution in [2.24, 2.45) is 0 Å². The van der Waals surface area contributed by atoms with Gasteiger partial charge in [0.1, 0.15) is 0 Å². The molecule has 0 atom stereocenters. The molecule has 38 heavy (non-hydrogen) atoms. The lowest BCUT2D eigenvalue weighted by molar-refractivity contribution is 1.18. The molecule has 178 valence electrons. The number of para-hydroxylation sites is 3. The molecule has 0 unspecified atom stereocenters. The minimum absolute atomic E-state index is 0.0376. The standard InChI is InChI=1S/C36H24N2/c1-2-10-24(11-3-1)27-12-5-8-16-34(27)38-35-17-9-6-14-29(35)31-23-26(19-21-36(31)38)25-18-20-33-30(22-25)28-13-4-7-15-32(28)37-33/h1-23,37H/i4D,6D,7D,9D,13D,14D,15D,17D,18D,19D,20D,21D,22D,23D. The number of fused-ring (bicyclic) bond motifs is 6. The summed E-state index contributed by atoms with van der Waals surface area (Å²) >= 11 is 0. The van der Waals surface area contributed by atoms with Crippen LogP contribution in [0.4, 0.5) is 0 Å². The summed E-state index contributed by atoms with van der Waals surface area (Å²) in [5, 5.41) is -0.444. The van der Waals surface area contributed by atoms with E-state index in [0.29, 0.717) is 11.3 Å². The average Bonchev–Trinajstić information content (AvgIpc) is 3.73. The molecule has 1 N–H and O–H groups in total. The molecule has 8 rings (SSSR count). The van der Waals surface area contributed by atoms with Crippen molar-refractivity contribution in [3.05, 3.63) is 139 Å². The second-order valence-electron chi connectivity index (χ2n) is 8.79. The predicted molar refractivity (Wildman–Crippen MR) is 161 cm³/mol. The minimum atomic E-state index is -0.600. The number of hydrogen-bond acceptors (Lipinski definition) is 0. The molecule has 2 aromatic heterocycles. The molecule has 0 saturated carbocycles. The van der Waals surface area contributed by atoms with Crippen molar-refractivity contribution < 1.29 is 19.2 Å². The third-order valence-electron chi connectivity index (χ3n) is 6.64. The molecule has 0 aliphatic heterocycles. The van der Waals surface area contributed by atoms with Crippen LogP contribution >= 0.6 is 0 Å². The second kappa shape index (κ2) is 8.22. The molecule has 0 bridgehead atoms. The fourth-order valence-corrected chi connectivity index (χ4v) is 4.94. The molecule has 2 heteroatoms. The number of nitrogens with zero attached hydrogens (tertiary/aromatic N) is 1. The fraction of sp³-hybridized carbons (Fsp3) is 0. The summed E-state index contributed by atoms with van der Waals surface area (Å²) in [5.74, 6) is 0. The maximum Gasteiger partial charge on any atom is 0.0645 e. The summed E-state index contributed by atoms with van der Waals surface area (Å²) in [6, 6.07) is 9.00. The van der Waals surface area contributed by atoms with Gasteiger partial charge >= 0.3 is 0 Å². The lowest BCUT2D eigenvalue weighted by atomic mass is 10.0. The van der Waals surface area contributed by atoms with E-state index in [-0.39, 0.29) is 43.6 Å².